The Bertz CT molecular complexity index is 5750. The van der Waals surface area contributed by atoms with Crippen molar-refractivity contribution in [3.63, 3.8) is 0 Å². The van der Waals surface area contributed by atoms with E-state index >= 15 is 0 Å². The smallest absolute Gasteiger partial charge is 0.425 e. The summed E-state index contributed by atoms with van der Waals surface area (Å²) in [7, 11) is 0. The zero-order valence-electron chi connectivity index (χ0n) is 47.4. The number of rotatable bonds is 0. The summed E-state index contributed by atoms with van der Waals surface area (Å²) in [5.74, 6) is 5.66. The van der Waals surface area contributed by atoms with Gasteiger partial charge in [0.05, 0.1) is 43.2 Å². The molecule has 0 amide bonds. The van der Waals surface area contributed by atoms with Crippen molar-refractivity contribution in [2.45, 2.75) is 17.0 Å². The molecule has 0 aliphatic carbocycles. The second kappa shape index (κ2) is 14.2. The average Bonchev–Trinajstić information content (AvgIpc) is 1.50. The maximum atomic E-state index is 6.58. The molecular weight excluding hydrogens is 1110 g/mol. The number of ether oxygens (including phenoxy) is 3. The number of aromatic nitrogens is 8. The monoisotopic (exact) mass is 1150 g/mol. The Balaban J connectivity index is 0.0000000833. The summed E-state index contributed by atoms with van der Waals surface area (Å²) < 4.78 is 34.5. The van der Waals surface area contributed by atoms with Crippen LogP contribution in [-0.2, 0) is 17.0 Å². The van der Waals surface area contributed by atoms with E-state index in [2.05, 4.69) is 259 Å². The molecule has 0 saturated carbocycles. The van der Waals surface area contributed by atoms with Gasteiger partial charge < -0.3 is 14.2 Å². The molecule has 0 N–H and O–H groups in total. The first-order valence-electron chi connectivity index (χ1n) is 30.8. The fourth-order valence-corrected chi connectivity index (χ4v) is 19.0. The molecule has 0 fully saturated rings. The maximum absolute atomic E-state index is 6.58. The summed E-state index contributed by atoms with van der Waals surface area (Å²) in [4.78, 5) is 9.57. The normalized spacial score (nSPS) is 18.0. The molecule has 17 heterocycles. The van der Waals surface area contributed by atoms with Crippen molar-refractivity contribution >= 4 is 130 Å². The number of hydrogen-bond donors (Lipinski definition) is 0. The number of benzene rings is 10. The molecule has 0 bridgehead atoms. The molecule has 0 radical (unpaired) electrons. The molecule has 10 aromatic carbocycles. The van der Waals surface area contributed by atoms with Gasteiger partial charge in [0, 0.05) is 75.7 Å². The largest absolute Gasteiger partial charge is 0.456 e. The van der Waals surface area contributed by atoms with E-state index in [9.17, 15) is 0 Å². The van der Waals surface area contributed by atoms with Crippen LogP contribution in [0.3, 0.4) is 0 Å². The molecule has 2 atom stereocenters. The van der Waals surface area contributed by atoms with Gasteiger partial charge in [-0.1, -0.05) is 48.5 Å². The van der Waals surface area contributed by atoms with Crippen LogP contribution in [0.5, 0.6) is 34.5 Å². The molecule has 408 valence electrons. The van der Waals surface area contributed by atoms with Crippen LogP contribution in [0.4, 0.5) is 0 Å². The third-order valence-electron chi connectivity index (χ3n) is 22.0. The average molecular weight is 1150 g/mol. The first-order chi connectivity index (χ1) is 44.6. The van der Waals surface area contributed by atoms with Gasteiger partial charge in [-0.2, -0.15) is 0 Å². The lowest BCUT2D eigenvalue weighted by Gasteiger charge is -2.26. The summed E-state index contributed by atoms with van der Waals surface area (Å²) in [6.45, 7) is 0. The minimum Gasteiger partial charge on any atom is -0.456 e. The zero-order chi connectivity index (χ0) is 57.6. The Morgan fingerprint density at radius 3 is 0.889 bits per heavy atom. The van der Waals surface area contributed by atoms with Crippen molar-refractivity contribution in [1.29, 1.82) is 0 Å². The van der Waals surface area contributed by atoms with Gasteiger partial charge in [0.1, 0.15) is 40.0 Å². The first-order valence-corrected chi connectivity index (χ1v) is 30.8. The van der Waals surface area contributed by atoms with Crippen molar-refractivity contribution in [2.75, 3.05) is 0 Å². The highest BCUT2D eigenvalue weighted by atomic mass is 16.5. The van der Waals surface area contributed by atoms with Gasteiger partial charge in [-0.3, -0.25) is 4.98 Å². The highest BCUT2D eigenvalue weighted by Gasteiger charge is 2.72. The lowest BCUT2D eigenvalue weighted by molar-refractivity contribution is -0.945. The Labute approximate surface area is 507 Å². The Morgan fingerprint density at radius 2 is 0.489 bits per heavy atom. The van der Waals surface area contributed by atoms with Gasteiger partial charge in [0.2, 0.25) is 33.1 Å². The van der Waals surface area contributed by atoms with Crippen LogP contribution >= 0.6 is 0 Å². The summed E-state index contributed by atoms with van der Waals surface area (Å²) in [5.41, 5.74) is 15.6. The highest BCUT2D eigenvalue weighted by molar-refractivity contribution is 6.16. The molecule has 90 heavy (non-hydrogen) atoms. The molecule has 9 aliphatic rings. The van der Waals surface area contributed by atoms with Gasteiger partial charge in [0.15, 0.2) is 70.6 Å². The fraction of sp³-hybridized carbons (Fsp3) is 0.0380. The van der Waals surface area contributed by atoms with Crippen LogP contribution in [0.25, 0.3) is 130 Å². The lowest BCUT2D eigenvalue weighted by Crippen LogP contribution is -2.72. The van der Waals surface area contributed by atoms with Crippen LogP contribution in [0.15, 0.2) is 244 Å². The van der Waals surface area contributed by atoms with Crippen molar-refractivity contribution in [3.05, 3.63) is 277 Å². The number of hydrogen-bond acceptors (Lipinski definition) is 5. The van der Waals surface area contributed by atoms with E-state index < -0.39 is 17.0 Å². The number of nitrogens with zero attached hydrogens (tertiary/aromatic N) is 8. The second-order valence-electron chi connectivity index (χ2n) is 25.5. The third-order valence-corrected chi connectivity index (χ3v) is 22.0. The molecule has 2 unspecified atom stereocenters. The predicted molar refractivity (Wildman–Crippen MR) is 340 cm³/mol. The van der Waals surface area contributed by atoms with Gasteiger partial charge in [0.25, 0.3) is 0 Å². The minimum atomic E-state index is -0.490. The minimum absolute atomic E-state index is 0.450. The molecule has 8 aromatic heterocycles. The number of pyridine rings is 8. The predicted octanol–water partition coefficient (Wildman–Crippen LogP) is 13.5. The zero-order valence-corrected chi connectivity index (χ0v) is 47.4. The lowest BCUT2D eigenvalue weighted by atomic mass is 9.86. The van der Waals surface area contributed by atoms with Crippen LogP contribution in [0.1, 0.15) is 33.4 Å². The SMILES string of the molecule is c1cc2ccc3ccc4c5c3c2[n+](c1)C51c2c(ccc3ccc5ccc[n+]1c5c23)O4.c1cc2ccc3ccc4c5c3c2[n+](c1)C51c2c(ccc3cnc5ccc[n+]1c5c23)O4.c1cc2ccc3ccc4c5c3c2[n+](c1)C51c2c(ccc3ncc5ccc[n+]1c5c23)O4. The van der Waals surface area contributed by atoms with E-state index in [1.807, 2.05) is 12.4 Å². The second-order valence-corrected chi connectivity index (χ2v) is 25.5. The Hall–Kier alpha value is -12.1. The molecule has 18 aromatic rings. The van der Waals surface area contributed by atoms with E-state index in [1.54, 1.807) is 0 Å². The van der Waals surface area contributed by atoms with E-state index in [4.69, 9.17) is 24.2 Å². The van der Waals surface area contributed by atoms with Crippen molar-refractivity contribution in [2.24, 2.45) is 0 Å². The van der Waals surface area contributed by atoms with Gasteiger partial charge in [-0.15, -0.1) is 27.4 Å². The van der Waals surface area contributed by atoms with E-state index in [0.29, 0.717) is 0 Å². The molecule has 11 heteroatoms. The van der Waals surface area contributed by atoms with Crippen molar-refractivity contribution in [3.8, 4) is 34.5 Å². The molecule has 0 saturated heterocycles. The third kappa shape index (κ3) is 4.38. The van der Waals surface area contributed by atoms with Crippen molar-refractivity contribution in [1.82, 2.24) is 9.97 Å². The summed E-state index contributed by atoms with van der Waals surface area (Å²) >= 11 is 0. The molecule has 9 aliphatic heterocycles. The molecule has 11 nitrogen and oxygen atoms in total. The maximum Gasteiger partial charge on any atom is 0.425 e. The van der Waals surface area contributed by atoms with Gasteiger partial charge in [-0.05, 0) is 131 Å². The quantitative estimate of drug-likeness (QED) is 0.112. The Kier molecular flexibility index (Phi) is 6.98. The molecule has 27 rings (SSSR count). The molecular formula is C79H40N8O3+6. The first kappa shape index (κ1) is 44.4. The molecule has 3 spiro atoms. The Morgan fingerprint density at radius 1 is 0.222 bits per heavy atom. The van der Waals surface area contributed by atoms with Crippen LogP contribution in [-0.4, -0.2) is 9.97 Å². The van der Waals surface area contributed by atoms with Crippen LogP contribution in [0.2, 0.25) is 0 Å². The summed E-state index contributed by atoms with van der Waals surface area (Å²) in [6, 6.07) is 69.6. The van der Waals surface area contributed by atoms with Gasteiger partial charge >= 0.3 is 17.0 Å². The summed E-state index contributed by atoms with van der Waals surface area (Å²) in [6.07, 6.45) is 17.4. The van der Waals surface area contributed by atoms with E-state index in [1.165, 1.54) is 142 Å². The van der Waals surface area contributed by atoms with E-state index in [-0.39, 0.29) is 0 Å². The van der Waals surface area contributed by atoms with Crippen LogP contribution in [0, 0.1) is 0 Å². The standard InChI is InChI=1S/C27H14N2O.2C26H13N3O/c1-3-17-7-5-15-9-11-19-23-21(15)25(17)28(13-1)27(23)24-20(30-19)12-10-16-6-8-18-4-2-14-29(27)26(18)22(16)24;1-3-15-6-5-14-7-9-18-22-20(14)24(15)28(11-1)26(22)23-19(30-18)10-8-16-13-27-17-4-2-12-29(26)25(17)21(16)23;1-3-15-6-5-14-7-9-18-22-20(14)24(15)28(11-1)26(22)23-19(30-18)10-8-17-21(23)25-16(13-27-17)4-2-12-29(25)26/h1-14H;2*1-13H/q3*+2. The van der Waals surface area contributed by atoms with E-state index in [0.717, 1.165) is 56.3 Å². The highest BCUT2D eigenvalue weighted by Crippen LogP contribution is 2.61. The topological polar surface area (TPSA) is 76.8 Å². The summed E-state index contributed by atoms with van der Waals surface area (Å²) in [5, 5.41) is 20.0. The van der Waals surface area contributed by atoms with Gasteiger partial charge in [-0.25, -0.2) is 4.98 Å². The van der Waals surface area contributed by atoms with Crippen LogP contribution < -0.4 is 41.6 Å². The fourth-order valence-electron chi connectivity index (χ4n) is 19.0. The van der Waals surface area contributed by atoms with Crippen molar-refractivity contribution < 1.29 is 41.6 Å².